The Hall–Kier alpha value is -1.80. The van der Waals surface area contributed by atoms with Crippen molar-refractivity contribution >= 4 is 16.0 Å². The molecule has 3 N–H and O–H groups in total. The van der Waals surface area contributed by atoms with E-state index in [1.807, 2.05) is 25.1 Å². The van der Waals surface area contributed by atoms with Crippen molar-refractivity contribution in [2.45, 2.75) is 19.9 Å². The Labute approximate surface area is 138 Å². The van der Waals surface area contributed by atoms with Crippen LogP contribution in [0.5, 0.6) is 5.75 Å². The molecule has 0 fully saturated rings. The summed E-state index contributed by atoms with van der Waals surface area (Å²) in [5, 5.41) is 6.35. The molecular formula is C15H26N4O3S. The van der Waals surface area contributed by atoms with Crippen LogP contribution in [0.25, 0.3) is 0 Å². The van der Waals surface area contributed by atoms with Crippen molar-refractivity contribution in [3.63, 3.8) is 0 Å². The third kappa shape index (κ3) is 7.85. The molecule has 0 saturated heterocycles. The average Bonchev–Trinajstić information content (AvgIpc) is 2.49. The molecule has 0 atom stereocenters. The number of rotatable bonds is 8. The van der Waals surface area contributed by atoms with Crippen molar-refractivity contribution in [3.05, 3.63) is 29.3 Å². The van der Waals surface area contributed by atoms with E-state index < -0.39 is 10.0 Å². The molecule has 0 aliphatic carbocycles. The third-order valence-corrected chi connectivity index (χ3v) is 3.85. The number of nitrogens with zero attached hydrogens (tertiary/aromatic N) is 1. The van der Waals surface area contributed by atoms with Gasteiger partial charge in [0.2, 0.25) is 10.0 Å². The van der Waals surface area contributed by atoms with Gasteiger partial charge in [0.15, 0.2) is 5.96 Å². The second-order valence-electron chi connectivity index (χ2n) is 5.19. The van der Waals surface area contributed by atoms with E-state index in [-0.39, 0.29) is 0 Å². The van der Waals surface area contributed by atoms with Crippen LogP contribution < -0.4 is 20.1 Å². The normalized spacial score (nSPS) is 12.1. The Balaban J connectivity index is 2.40. The predicted molar refractivity (Wildman–Crippen MR) is 93.4 cm³/mol. The van der Waals surface area contributed by atoms with E-state index >= 15 is 0 Å². The van der Waals surface area contributed by atoms with Crippen molar-refractivity contribution in [1.82, 2.24) is 15.4 Å². The fourth-order valence-electron chi connectivity index (χ4n) is 1.95. The Morgan fingerprint density at radius 3 is 2.61 bits per heavy atom. The fraction of sp³-hybridized carbons (Fsp3) is 0.533. The number of benzene rings is 1. The van der Waals surface area contributed by atoms with Crippen molar-refractivity contribution < 1.29 is 13.2 Å². The number of methoxy groups -OCH3 is 1. The van der Waals surface area contributed by atoms with E-state index in [0.717, 1.165) is 23.1 Å². The number of ether oxygens (including phenoxy) is 1. The first kappa shape index (κ1) is 19.2. The highest BCUT2D eigenvalue weighted by molar-refractivity contribution is 7.88. The first-order valence-electron chi connectivity index (χ1n) is 7.38. The van der Waals surface area contributed by atoms with Gasteiger partial charge in [0.05, 0.1) is 13.4 Å². The quantitative estimate of drug-likeness (QED) is 0.366. The van der Waals surface area contributed by atoms with E-state index in [2.05, 4.69) is 20.3 Å². The summed E-state index contributed by atoms with van der Waals surface area (Å²) in [5.41, 5.74) is 2.19. The molecular weight excluding hydrogens is 316 g/mol. The maximum Gasteiger partial charge on any atom is 0.208 e. The molecule has 1 rings (SSSR count). The van der Waals surface area contributed by atoms with Crippen LogP contribution in [0.15, 0.2) is 23.2 Å². The van der Waals surface area contributed by atoms with Crippen LogP contribution in [0.2, 0.25) is 0 Å². The number of sulfonamides is 1. The van der Waals surface area contributed by atoms with Crippen molar-refractivity contribution in [2.24, 2.45) is 4.99 Å². The summed E-state index contributed by atoms with van der Waals surface area (Å²) in [4.78, 5) is 4.14. The number of hydrogen-bond donors (Lipinski definition) is 3. The van der Waals surface area contributed by atoms with Crippen LogP contribution >= 0.6 is 0 Å². The third-order valence-electron chi connectivity index (χ3n) is 3.12. The molecule has 8 heteroatoms. The molecule has 0 bridgehead atoms. The fourth-order valence-corrected chi connectivity index (χ4v) is 2.47. The number of aryl methyl sites for hydroxylation is 1. The molecule has 7 nitrogen and oxygen atoms in total. The van der Waals surface area contributed by atoms with E-state index in [9.17, 15) is 8.42 Å². The van der Waals surface area contributed by atoms with Crippen molar-refractivity contribution in [1.29, 1.82) is 0 Å². The van der Waals surface area contributed by atoms with E-state index in [4.69, 9.17) is 4.74 Å². The zero-order valence-electron chi connectivity index (χ0n) is 14.1. The van der Waals surface area contributed by atoms with Gasteiger partial charge in [-0.25, -0.2) is 13.1 Å². The minimum atomic E-state index is -3.13. The number of guanidine groups is 1. The summed E-state index contributed by atoms with van der Waals surface area (Å²) in [7, 11) is 0.218. The van der Waals surface area contributed by atoms with Crippen molar-refractivity contribution in [2.75, 3.05) is 33.5 Å². The van der Waals surface area contributed by atoms with E-state index in [1.165, 1.54) is 0 Å². The number of hydrogen-bond acceptors (Lipinski definition) is 4. The lowest BCUT2D eigenvalue weighted by Gasteiger charge is -2.14. The highest BCUT2D eigenvalue weighted by atomic mass is 32.2. The van der Waals surface area contributed by atoms with Crippen LogP contribution in [-0.2, 0) is 16.6 Å². The minimum absolute atomic E-state index is 0.397. The Morgan fingerprint density at radius 2 is 2.00 bits per heavy atom. The summed E-state index contributed by atoms with van der Waals surface area (Å²) < 4.78 is 29.7. The van der Waals surface area contributed by atoms with Gasteiger partial charge in [-0.15, -0.1) is 0 Å². The first-order chi connectivity index (χ1) is 10.9. The highest BCUT2D eigenvalue weighted by Crippen LogP contribution is 2.19. The van der Waals surface area contributed by atoms with Crippen LogP contribution in [0.1, 0.15) is 17.5 Å². The number of nitrogens with one attached hydrogen (secondary N) is 3. The van der Waals surface area contributed by atoms with Gasteiger partial charge in [-0.2, -0.15) is 0 Å². The van der Waals surface area contributed by atoms with Crippen LogP contribution in [0, 0.1) is 6.92 Å². The standard InChI is InChI=1S/C15H26N4O3S/c1-12-6-7-13(14(10-12)22-3)11-18-15(16-2)17-8-5-9-19-23(4,20)21/h6-7,10,19H,5,8-9,11H2,1-4H3,(H2,16,17,18). The highest BCUT2D eigenvalue weighted by Gasteiger charge is 2.05. The van der Waals surface area contributed by atoms with Crippen molar-refractivity contribution in [3.8, 4) is 5.75 Å². The molecule has 0 radical (unpaired) electrons. The Kier molecular flexibility index (Phi) is 7.84. The van der Waals surface area contributed by atoms with Gasteiger partial charge in [-0.1, -0.05) is 12.1 Å². The first-order valence-corrected chi connectivity index (χ1v) is 9.27. The molecule has 0 amide bonds. The minimum Gasteiger partial charge on any atom is -0.496 e. The zero-order chi connectivity index (χ0) is 17.3. The summed E-state index contributed by atoms with van der Waals surface area (Å²) in [6, 6.07) is 6.04. The monoisotopic (exact) mass is 342 g/mol. The second-order valence-corrected chi connectivity index (χ2v) is 7.02. The van der Waals surface area contributed by atoms with Gasteiger partial charge in [0.1, 0.15) is 5.75 Å². The lowest BCUT2D eigenvalue weighted by molar-refractivity contribution is 0.408. The summed E-state index contributed by atoms with van der Waals surface area (Å²) in [5.74, 6) is 1.50. The molecule has 23 heavy (non-hydrogen) atoms. The van der Waals surface area contributed by atoms with E-state index in [1.54, 1.807) is 14.2 Å². The molecule has 0 aliphatic rings. The summed E-state index contributed by atoms with van der Waals surface area (Å²) >= 11 is 0. The molecule has 0 aromatic heterocycles. The topological polar surface area (TPSA) is 91.8 Å². The maximum absolute atomic E-state index is 10.9. The Bertz CT molecular complexity index is 630. The largest absolute Gasteiger partial charge is 0.496 e. The van der Waals surface area contributed by atoms with Gasteiger partial charge in [-0.3, -0.25) is 4.99 Å². The average molecular weight is 342 g/mol. The van der Waals surface area contributed by atoms with Gasteiger partial charge >= 0.3 is 0 Å². The molecule has 130 valence electrons. The van der Waals surface area contributed by atoms with Gasteiger partial charge < -0.3 is 15.4 Å². The van der Waals surface area contributed by atoms with Crippen LogP contribution in [0.4, 0.5) is 0 Å². The lowest BCUT2D eigenvalue weighted by atomic mass is 10.1. The molecule has 1 aromatic carbocycles. The predicted octanol–water partition coefficient (Wildman–Crippen LogP) is 0.608. The Morgan fingerprint density at radius 1 is 1.26 bits per heavy atom. The zero-order valence-corrected chi connectivity index (χ0v) is 15.0. The molecule has 0 aliphatic heterocycles. The van der Waals surface area contributed by atoms with Crippen LogP contribution in [0.3, 0.4) is 0 Å². The van der Waals surface area contributed by atoms with Crippen LogP contribution in [-0.4, -0.2) is 47.9 Å². The molecule has 0 heterocycles. The van der Waals surface area contributed by atoms with Gasteiger partial charge in [0, 0.05) is 32.2 Å². The number of aliphatic imine (C=N–C) groups is 1. The molecule has 0 unspecified atom stereocenters. The summed E-state index contributed by atoms with van der Waals surface area (Å²) in [6.07, 6.45) is 1.82. The molecule has 0 spiro atoms. The van der Waals surface area contributed by atoms with Gasteiger partial charge in [-0.05, 0) is 25.0 Å². The summed E-state index contributed by atoms with van der Waals surface area (Å²) in [6.45, 7) is 3.62. The molecule has 0 saturated carbocycles. The smallest absolute Gasteiger partial charge is 0.208 e. The van der Waals surface area contributed by atoms with Gasteiger partial charge in [0.25, 0.3) is 0 Å². The lowest BCUT2D eigenvalue weighted by Crippen LogP contribution is -2.38. The second kappa shape index (κ2) is 9.36. The maximum atomic E-state index is 10.9. The molecule has 1 aromatic rings. The van der Waals surface area contributed by atoms with E-state index in [0.29, 0.717) is 32.0 Å². The SMILES string of the molecule is CN=C(NCCCNS(C)(=O)=O)NCc1ccc(C)cc1OC.